The van der Waals surface area contributed by atoms with Crippen molar-refractivity contribution in [1.29, 1.82) is 0 Å². The molecule has 0 aromatic heterocycles. The molecule has 2 aromatic carbocycles. The summed E-state index contributed by atoms with van der Waals surface area (Å²) in [5, 5.41) is 3.08. The number of benzene rings is 2. The molecule has 2 aromatic rings. The van der Waals surface area contributed by atoms with E-state index in [2.05, 4.69) is 31.3 Å². The number of amides is 1. The van der Waals surface area contributed by atoms with Crippen LogP contribution >= 0.6 is 0 Å². The highest BCUT2D eigenvalue weighted by atomic mass is 16.5. The summed E-state index contributed by atoms with van der Waals surface area (Å²) < 4.78 is 13.2. The Bertz CT molecular complexity index is 1250. The van der Waals surface area contributed by atoms with Gasteiger partial charge < -0.3 is 19.6 Å². The van der Waals surface area contributed by atoms with E-state index >= 15 is 0 Å². The molecule has 0 spiro atoms. The summed E-state index contributed by atoms with van der Waals surface area (Å²) in [6, 6.07) is 19.5. The molecule has 0 saturated carbocycles. The summed E-state index contributed by atoms with van der Waals surface area (Å²) in [5.74, 6) is -0.0731. The Morgan fingerprint density at radius 2 is 0.762 bits per heavy atom. The Hall–Kier alpha value is -2.50. The van der Waals surface area contributed by atoms with Crippen LogP contribution in [0.15, 0.2) is 60.7 Å². The number of carbonyl (C=O) groups excluding carboxylic acids is 2. The molecular formula is C58H99NO4. The Balaban J connectivity index is 1.68. The van der Waals surface area contributed by atoms with E-state index in [1.54, 1.807) is 0 Å². The van der Waals surface area contributed by atoms with Crippen LogP contribution in [0.25, 0.3) is 0 Å². The summed E-state index contributed by atoms with van der Waals surface area (Å²) in [6.07, 6.45) is 47.7. The van der Waals surface area contributed by atoms with E-state index < -0.39 is 12.1 Å². The van der Waals surface area contributed by atoms with Crippen LogP contribution in [0.2, 0.25) is 0 Å². The molecule has 3 atom stereocenters. The monoisotopic (exact) mass is 874 g/mol. The van der Waals surface area contributed by atoms with Crippen molar-refractivity contribution >= 4 is 12.2 Å². The number of aldehydes is 1. The predicted molar refractivity (Wildman–Crippen MR) is 270 cm³/mol. The van der Waals surface area contributed by atoms with Crippen LogP contribution in [0.1, 0.15) is 263 Å². The minimum atomic E-state index is -0.774. The number of hydrogen-bond donors (Lipinski definition) is 1. The van der Waals surface area contributed by atoms with Gasteiger partial charge in [-0.15, -0.1) is 0 Å². The lowest BCUT2D eigenvalue weighted by molar-refractivity contribution is -0.135. The van der Waals surface area contributed by atoms with Crippen molar-refractivity contribution in [2.45, 2.75) is 283 Å². The van der Waals surface area contributed by atoms with Crippen LogP contribution in [-0.2, 0) is 32.3 Å². The third-order valence-corrected chi connectivity index (χ3v) is 13.1. The molecule has 2 rings (SSSR count). The van der Waals surface area contributed by atoms with Gasteiger partial charge in [-0.1, -0.05) is 293 Å². The average Bonchev–Trinajstić information content (AvgIpc) is 3.31. The van der Waals surface area contributed by atoms with Crippen LogP contribution in [0, 0.1) is 0 Å². The third kappa shape index (κ3) is 33.6. The van der Waals surface area contributed by atoms with Crippen molar-refractivity contribution in [3.8, 4) is 0 Å². The van der Waals surface area contributed by atoms with Gasteiger partial charge >= 0.3 is 0 Å². The molecule has 5 nitrogen and oxygen atoms in total. The fourth-order valence-corrected chi connectivity index (χ4v) is 9.04. The quantitative estimate of drug-likeness (QED) is 0.0531. The van der Waals surface area contributed by atoms with Crippen LogP contribution in [0.4, 0.5) is 0 Å². The highest BCUT2D eigenvalue weighted by Gasteiger charge is 2.32. The summed E-state index contributed by atoms with van der Waals surface area (Å²) in [6.45, 7) is 5.37. The number of rotatable bonds is 47. The van der Waals surface area contributed by atoms with Crippen molar-refractivity contribution in [2.75, 3.05) is 0 Å². The molecule has 0 heterocycles. The molecule has 1 N–H and O–H groups in total. The minimum Gasteiger partial charge on any atom is -0.371 e. The van der Waals surface area contributed by atoms with E-state index in [0.717, 1.165) is 49.5 Å². The van der Waals surface area contributed by atoms with Crippen molar-refractivity contribution in [3.05, 3.63) is 71.8 Å². The second kappa shape index (κ2) is 43.4. The maximum Gasteiger partial charge on any atom is 0.220 e. The van der Waals surface area contributed by atoms with E-state index in [1.165, 1.54) is 199 Å². The summed E-state index contributed by atoms with van der Waals surface area (Å²) in [7, 11) is 0. The predicted octanol–water partition coefficient (Wildman–Crippen LogP) is 17.3. The van der Waals surface area contributed by atoms with E-state index in [-0.39, 0.29) is 12.0 Å². The van der Waals surface area contributed by atoms with Gasteiger partial charge in [-0.05, 0) is 24.0 Å². The Kier molecular flexibility index (Phi) is 39.0. The largest absolute Gasteiger partial charge is 0.371 e. The van der Waals surface area contributed by atoms with Gasteiger partial charge in [0.2, 0.25) is 5.91 Å². The number of nitrogens with one attached hydrogen (secondary N) is 1. The van der Waals surface area contributed by atoms with E-state index in [0.29, 0.717) is 19.6 Å². The van der Waals surface area contributed by atoms with Crippen LogP contribution in [0.3, 0.4) is 0 Å². The van der Waals surface area contributed by atoms with Gasteiger partial charge in [0.15, 0.2) is 0 Å². The fourth-order valence-electron chi connectivity index (χ4n) is 9.04. The first-order chi connectivity index (χ1) is 31.2. The molecule has 1 amide bonds. The molecule has 360 valence electrons. The van der Waals surface area contributed by atoms with Gasteiger partial charge in [0.25, 0.3) is 0 Å². The highest BCUT2D eigenvalue weighted by molar-refractivity contribution is 5.79. The Morgan fingerprint density at radius 3 is 1.11 bits per heavy atom. The molecule has 63 heavy (non-hydrogen) atoms. The second-order valence-electron chi connectivity index (χ2n) is 19.0. The first kappa shape index (κ1) is 56.6. The van der Waals surface area contributed by atoms with Gasteiger partial charge in [0.05, 0.1) is 19.3 Å². The number of hydrogen-bond acceptors (Lipinski definition) is 4. The van der Waals surface area contributed by atoms with Crippen LogP contribution in [0.5, 0.6) is 0 Å². The van der Waals surface area contributed by atoms with Crippen molar-refractivity contribution < 1.29 is 19.1 Å². The Labute approximate surface area is 389 Å². The fraction of sp³-hybridized carbons (Fsp3) is 0.759. The first-order valence-corrected chi connectivity index (χ1v) is 27.2. The Morgan fingerprint density at radius 1 is 0.444 bits per heavy atom. The maximum absolute atomic E-state index is 13.3. The number of carbonyl (C=O) groups is 2. The summed E-state index contributed by atoms with van der Waals surface area (Å²) >= 11 is 0. The minimum absolute atomic E-state index is 0.0731. The van der Waals surface area contributed by atoms with E-state index in [1.807, 2.05) is 48.5 Å². The lowest BCUT2D eigenvalue weighted by Gasteiger charge is -2.32. The molecule has 0 fully saturated rings. The molecular weight excluding hydrogens is 775 g/mol. The molecule has 0 saturated heterocycles. The SMILES string of the molecule is CCCCCCCCCCCCCCCCCCCCCCCCCC(=O)N[C@H](C=O)[C@H](OCc1ccccc1)[C@@H](CCCCCCCCCCCCCC)OCc1ccccc1. The zero-order valence-corrected chi connectivity index (χ0v) is 41.3. The van der Waals surface area contributed by atoms with Crippen molar-refractivity contribution in [2.24, 2.45) is 0 Å². The molecule has 0 aliphatic rings. The third-order valence-electron chi connectivity index (χ3n) is 13.1. The zero-order chi connectivity index (χ0) is 44.9. The highest BCUT2D eigenvalue weighted by Crippen LogP contribution is 2.22. The molecule has 5 heteroatoms. The van der Waals surface area contributed by atoms with Crippen LogP contribution < -0.4 is 5.32 Å². The average molecular weight is 874 g/mol. The normalized spacial score (nSPS) is 12.9. The summed E-state index contributed by atoms with van der Waals surface area (Å²) in [4.78, 5) is 26.1. The van der Waals surface area contributed by atoms with Gasteiger partial charge in [-0.25, -0.2) is 0 Å². The van der Waals surface area contributed by atoms with Gasteiger partial charge in [-0.2, -0.15) is 0 Å². The van der Waals surface area contributed by atoms with Gasteiger partial charge in [0.1, 0.15) is 18.4 Å². The molecule has 0 bridgehead atoms. The van der Waals surface area contributed by atoms with E-state index in [9.17, 15) is 9.59 Å². The van der Waals surface area contributed by atoms with E-state index in [4.69, 9.17) is 9.47 Å². The molecule has 0 unspecified atom stereocenters. The smallest absolute Gasteiger partial charge is 0.220 e. The van der Waals surface area contributed by atoms with Crippen molar-refractivity contribution in [3.63, 3.8) is 0 Å². The maximum atomic E-state index is 13.3. The standard InChI is InChI=1S/C58H99NO4/c1-3-5-7-9-11-13-15-17-18-19-20-21-22-23-24-25-26-27-29-31-33-35-43-49-57(61)59-55(50-60)58(63-52-54-46-40-37-41-47-54)56(62-51-53-44-38-36-39-45-53)48-42-34-32-30-28-16-14-12-10-8-6-4-2/h36-41,44-47,50,55-56,58H,3-35,42-43,48-49,51-52H2,1-2H3,(H,59,61)/t55-,56-,58+/m1/s1. The van der Waals surface area contributed by atoms with Crippen molar-refractivity contribution in [1.82, 2.24) is 5.32 Å². The van der Waals surface area contributed by atoms with Crippen LogP contribution in [-0.4, -0.2) is 30.4 Å². The lowest BCUT2D eigenvalue weighted by Crippen LogP contribution is -2.51. The zero-order valence-electron chi connectivity index (χ0n) is 41.3. The topological polar surface area (TPSA) is 64.6 Å². The first-order valence-electron chi connectivity index (χ1n) is 27.2. The molecule has 0 aliphatic heterocycles. The lowest BCUT2D eigenvalue weighted by atomic mass is 9.98. The number of unbranched alkanes of at least 4 members (excludes halogenated alkanes) is 33. The molecule has 0 radical (unpaired) electrons. The van der Waals surface area contributed by atoms with Gasteiger partial charge in [0, 0.05) is 6.42 Å². The summed E-state index contributed by atoms with van der Waals surface area (Å²) in [5.41, 5.74) is 2.13. The second-order valence-corrected chi connectivity index (χ2v) is 19.0. The van der Waals surface area contributed by atoms with Gasteiger partial charge in [-0.3, -0.25) is 4.79 Å². The number of ether oxygens (including phenoxy) is 2. The molecule has 0 aliphatic carbocycles.